The van der Waals surface area contributed by atoms with E-state index in [1.807, 2.05) is 34.6 Å². The van der Waals surface area contributed by atoms with Gasteiger partial charge in [-0.15, -0.1) is 0 Å². The van der Waals surface area contributed by atoms with Gasteiger partial charge in [-0.25, -0.2) is 13.2 Å². The van der Waals surface area contributed by atoms with E-state index < -0.39 is 47.6 Å². The van der Waals surface area contributed by atoms with Crippen molar-refractivity contribution in [2.24, 2.45) is 90.2 Å². The third-order valence-electron chi connectivity index (χ3n) is 20.6. The van der Waals surface area contributed by atoms with Gasteiger partial charge >= 0.3 is 12.4 Å². The quantitative estimate of drug-likeness (QED) is 0.171. The van der Waals surface area contributed by atoms with E-state index in [9.17, 15) is 39.5 Å². The molecule has 0 amide bonds. The summed E-state index contributed by atoms with van der Waals surface area (Å²) >= 11 is 0. The van der Waals surface area contributed by atoms with Gasteiger partial charge in [0.1, 0.15) is 17.0 Å². The molecule has 2 aliphatic carbocycles. The molecule has 0 nitrogen and oxygen atoms in total. The van der Waals surface area contributed by atoms with Crippen molar-refractivity contribution in [2.75, 3.05) is 0 Å². The molecule has 2 aliphatic rings. The highest BCUT2D eigenvalue weighted by atomic mass is 19.4. The first-order valence-electron chi connectivity index (χ1n) is 36.6. The second kappa shape index (κ2) is 45.0. The summed E-state index contributed by atoms with van der Waals surface area (Å²) in [5, 5.41) is 0. The lowest BCUT2D eigenvalue weighted by molar-refractivity contribution is -0.354. The van der Waals surface area contributed by atoms with E-state index in [0.717, 1.165) is 37.5 Å². The fourth-order valence-electron chi connectivity index (χ4n) is 10.4. The zero-order valence-electron chi connectivity index (χ0n) is 69.2. The molecule has 9 heteroatoms. The fraction of sp³-hybridized carbons (Fsp3) is 1.00. The average Bonchev–Trinajstić information content (AvgIpc) is 1.13. The standard InChI is InChI=1S/C14H20F6.C10H21F.C10H22.C9H20.C7H15F.2C7H16.C6H13F.C6H14.C5H12/c1-10-2-4-11(5-3-10)6-8-12(9-7-11,13(15,16)17)14(18,19)20;1-7(2)9(8(3)4)10(5,6)11;1-7-10(6,8-2)9(3,4)5;1-6-8(7-2)9(3,4)5;1-5-7(4,8)6(2)3;1-6(2)7(3,4)5;1-5-6-7(2,3)4;1-4-6(3,7)5-2;1-5-6(2,3)4;1-5(2,3)4/h10H,2-9H2,1H3;7-9H,1-6H3;7-8H2,1-6H3;8H,6-7H2,1-5H3;6H,5H2,1-4H3;6H,1-5H3;5-6H2,1-4H3;4-5H2,1-3H3;5H2,1-4H3;1-4H3/t;;;;7-;;;;;/m....0...../s1. The minimum Gasteiger partial charge on any atom is -0.244 e. The fourth-order valence-corrected chi connectivity index (χ4v) is 10.4. The van der Waals surface area contributed by atoms with Crippen molar-refractivity contribution >= 4 is 0 Å². The number of halogens is 9. The van der Waals surface area contributed by atoms with Crippen molar-refractivity contribution in [3.05, 3.63) is 0 Å². The summed E-state index contributed by atoms with van der Waals surface area (Å²) in [6, 6.07) is 0. The van der Waals surface area contributed by atoms with E-state index in [1.54, 1.807) is 27.7 Å². The smallest absolute Gasteiger partial charge is 0.244 e. The maximum Gasteiger partial charge on any atom is 0.403 e. The predicted molar refractivity (Wildman–Crippen MR) is 391 cm³/mol. The van der Waals surface area contributed by atoms with E-state index in [2.05, 4.69) is 228 Å². The number of alkyl halides is 9. The molecule has 2 fully saturated rings. The van der Waals surface area contributed by atoms with Crippen LogP contribution in [0.15, 0.2) is 0 Å². The van der Waals surface area contributed by atoms with E-state index in [0.29, 0.717) is 74.9 Å². The molecule has 0 unspecified atom stereocenters. The molecule has 90 heavy (non-hydrogen) atoms. The third kappa shape index (κ3) is 53.5. The number of rotatable bonds is 12. The number of hydrogen-bond acceptors (Lipinski definition) is 0. The van der Waals surface area contributed by atoms with Gasteiger partial charge in [-0.3, -0.25) is 0 Å². The lowest BCUT2D eigenvalue weighted by atomic mass is 9.57. The highest BCUT2D eigenvalue weighted by Gasteiger charge is 2.71. The molecule has 0 N–H and O–H groups in total. The molecule has 0 radical (unpaired) electrons. The summed E-state index contributed by atoms with van der Waals surface area (Å²) in [5.74, 6) is 3.41. The van der Waals surface area contributed by atoms with Crippen molar-refractivity contribution in [3.8, 4) is 0 Å². The molecule has 0 aromatic rings. The van der Waals surface area contributed by atoms with Crippen LogP contribution in [0.1, 0.15) is 406 Å². The van der Waals surface area contributed by atoms with E-state index in [4.69, 9.17) is 0 Å². The number of hydrogen-bond donors (Lipinski definition) is 0. The highest BCUT2D eigenvalue weighted by Crippen LogP contribution is 2.63. The first kappa shape index (κ1) is 105. The third-order valence-corrected chi connectivity index (χ3v) is 20.6. The largest absolute Gasteiger partial charge is 0.403 e. The summed E-state index contributed by atoms with van der Waals surface area (Å²) in [5.41, 5.74) is -3.08. The Kier molecular flexibility index (Phi) is 52.8. The Bertz CT molecular complexity index is 1580. The van der Waals surface area contributed by atoms with Crippen LogP contribution in [-0.2, 0) is 0 Å². The van der Waals surface area contributed by atoms with Gasteiger partial charge in [-0.2, -0.15) is 26.3 Å². The Morgan fingerprint density at radius 3 is 0.767 bits per heavy atom. The normalized spacial score (nSPS) is 16.6. The first-order valence-corrected chi connectivity index (χ1v) is 36.6. The highest BCUT2D eigenvalue weighted by molar-refractivity contribution is 5.01. The molecule has 0 aromatic heterocycles. The molecule has 0 aromatic carbocycles. The predicted octanol–water partition coefficient (Wildman–Crippen LogP) is 32.2. The SMILES string of the molecule is CC(C)(C)C.CC(C)C(C(C)C)C(C)(C)F.CC(C)C(C)(C)C.CC1CCC2(CC1)CCC(C(F)(F)F)(C(F)(F)F)CC2.CCC(C)(C)C.CCC(C)(CC)C(C)(C)C.CCC(C)(F)CC.CCC(CC)C(C)(C)C.CCCC(C)(C)C.CC[C@](C)(F)C(C)C. The molecular weight excluding hydrogens is 1140 g/mol. The molecule has 0 aliphatic heterocycles. The van der Waals surface area contributed by atoms with Crippen LogP contribution in [0, 0.1) is 90.2 Å². The van der Waals surface area contributed by atoms with Crippen molar-refractivity contribution in [2.45, 2.75) is 436 Å². The monoisotopic (exact) mass is 1310 g/mol. The van der Waals surface area contributed by atoms with Gasteiger partial charge in [0.2, 0.25) is 0 Å². The molecular formula is C81H169F9. The molecule has 0 saturated heterocycles. The Morgan fingerprint density at radius 2 is 0.689 bits per heavy atom. The minimum absolute atomic E-state index is 0.0543. The van der Waals surface area contributed by atoms with E-state index >= 15 is 0 Å². The van der Waals surface area contributed by atoms with Crippen LogP contribution in [-0.4, -0.2) is 29.4 Å². The van der Waals surface area contributed by atoms with Crippen LogP contribution in [0.25, 0.3) is 0 Å². The molecule has 1 atom stereocenters. The summed E-state index contributed by atoms with van der Waals surface area (Å²) < 4.78 is 117. The molecule has 1 spiro atoms. The summed E-state index contributed by atoms with van der Waals surface area (Å²) in [7, 11) is 0. The minimum atomic E-state index is -5.20. The Hall–Kier alpha value is -0.630. The van der Waals surface area contributed by atoms with Crippen LogP contribution in [0.3, 0.4) is 0 Å². The molecule has 556 valence electrons. The lowest BCUT2D eigenvalue weighted by Crippen LogP contribution is -2.53. The van der Waals surface area contributed by atoms with Crippen LogP contribution >= 0.6 is 0 Å². The summed E-state index contributed by atoms with van der Waals surface area (Å²) in [6.45, 7) is 90.0. The van der Waals surface area contributed by atoms with Crippen molar-refractivity contribution in [3.63, 3.8) is 0 Å². The van der Waals surface area contributed by atoms with Crippen LogP contribution in [0.5, 0.6) is 0 Å². The van der Waals surface area contributed by atoms with Gasteiger partial charge in [0.15, 0.2) is 5.41 Å². The average molecular weight is 1310 g/mol. The summed E-state index contributed by atoms with van der Waals surface area (Å²) in [6.07, 6.45) is 2.51. The van der Waals surface area contributed by atoms with Crippen molar-refractivity contribution in [1.82, 2.24) is 0 Å². The van der Waals surface area contributed by atoms with Gasteiger partial charge in [-0.05, 0) is 177 Å². The van der Waals surface area contributed by atoms with Gasteiger partial charge in [-0.1, -0.05) is 314 Å². The Balaban J connectivity index is -0.000000143. The van der Waals surface area contributed by atoms with E-state index in [1.165, 1.54) is 44.9 Å². The van der Waals surface area contributed by atoms with Crippen LogP contribution in [0.4, 0.5) is 39.5 Å². The summed E-state index contributed by atoms with van der Waals surface area (Å²) in [4.78, 5) is 0. The van der Waals surface area contributed by atoms with Gasteiger partial charge in [0, 0.05) is 0 Å². The molecule has 2 rings (SSSR count). The second-order valence-electron chi connectivity index (χ2n) is 37.4. The van der Waals surface area contributed by atoms with Crippen LogP contribution in [0.2, 0.25) is 0 Å². The maximum atomic E-state index is 13.6. The Morgan fingerprint density at radius 1 is 0.389 bits per heavy atom. The molecule has 0 bridgehead atoms. The zero-order valence-corrected chi connectivity index (χ0v) is 69.2. The zero-order chi connectivity index (χ0) is 74.8. The molecule has 2 saturated carbocycles. The topological polar surface area (TPSA) is 0 Å². The maximum absolute atomic E-state index is 13.6. The van der Waals surface area contributed by atoms with Gasteiger partial charge < -0.3 is 0 Å². The van der Waals surface area contributed by atoms with Crippen molar-refractivity contribution in [1.29, 1.82) is 0 Å². The molecule has 0 heterocycles. The van der Waals surface area contributed by atoms with Gasteiger partial charge in [0.05, 0.1) is 0 Å². The first-order chi connectivity index (χ1) is 39.4. The second-order valence-corrected chi connectivity index (χ2v) is 37.4. The van der Waals surface area contributed by atoms with Gasteiger partial charge in [0.25, 0.3) is 0 Å². The van der Waals surface area contributed by atoms with Crippen LogP contribution < -0.4 is 0 Å². The Labute approximate surface area is 562 Å². The lowest BCUT2D eigenvalue weighted by Gasteiger charge is -2.49. The van der Waals surface area contributed by atoms with E-state index in [-0.39, 0.29) is 30.1 Å². The van der Waals surface area contributed by atoms with Crippen molar-refractivity contribution < 1.29 is 39.5 Å².